The molecule has 13 heavy (non-hydrogen) atoms. The summed E-state index contributed by atoms with van der Waals surface area (Å²) in [7, 11) is 0. The van der Waals surface area contributed by atoms with E-state index in [1.165, 1.54) is 0 Å². The van der Waals surface area contributed by atoms with Gasteiger partial charge in [0, 0.05) is 10.0 Å². The molecule has 1 aromatic carbocycles. The van der Waals surface area contributed by atoms with E-state index in [-0.39, 0.29) is 0 Å². The Morgan fingerprint density at radius 2 is 1.85 bits per heavy atom. The van der Waals surface area contributed by atoms with Crippen molar-refractivity contribution in [1.29, 1.82) is 0 Å². The lowest BCUT2D eigenvalue weighted by atomic mass is 10.1. The molecule has 3 heteroatoms. The van der Waals surface area contributed by atoms with Crippen molar-refractivity contribution in [1.82, 2.24) is 0 Å². The number of halogens is 3. The van der Waals surface area contributed by atoms with E-state index < -0.39 is 0 Å². The molecule has 0 radical (unpaired) electrons. The molecular formula is C10H9Cl2F. The Bertz CT molecular complexity index is 311. The zero-order valence-electron chi connectivity index (χ0n) is 7.15. The Labute approximate surface area is 87.0 Å². The lowest BCUT2D eigenvalue weighted by Gasteiger charge is -2.02. The third-order valence-corrected chi connectivity index (χ3v) is 2.03. The molecule has 0 unspecified atom stereocenters. The number of allylic oxidation sites excluding steroid dienone is 1. The Morgan fingerprint density at radius 1 is 1.31 bits per heavy atom. The van der Waals surface area contributed by atoms with Crippen molar-refractivity contribution >= 4 is 23.2 Å². The van der Waals surface area contributed by atoms with Crippen molar-refractivity contribution in [2.45, 2.75) is 13.3 Å². The average molecular weight is 219 g/mol. The van der Waals surface area contributed by atoms with E-state index >= 15 is 0 Å². The molecule has 1 rings (SSSR count). The van der Waals surface area contributed by atoms with Gasteiger partial charge in [-0.3, -0.25) is 0 Å². The normalized spacial score (nSPS) is 11.8. The fraction of sp³-hybridized carbons (Fsp3) is 0.200. The van der Waals surface area contributed by atoms with Crippen molar-refractivity contribution in [3.8, 4) is 0 Å². The number of rotatable bonds is 2. The summed E-state index contributed by atoms with van der Waals surface area (Å²) in [5.41, 5.74) is 1.57. The second kappa shape index (κ2) is 4.64. The molecule has 0 aromatic heterocycles. The zero-order chi connectivity index (χ0) is 9.84. The lowest BCUT2D eigenvalue weighted by Crippen LogP contribution is -1.86. The van der Waals surface area contributed by atoms with E-state index in [2.05, 4.69) is 0 Å². The Balaban J connectivity index is 2.89. The van der Waals surface area contributed by atoms with Crippen LogP contribution in [0.3, 0.4) is 0 Å². The molecule has 1 aromatic rings. The molecule has 70 valence electrons. The third-order valence-electron chi connectivity index (χ3n) is 1.59. The van der Waals surface area contributed by atoms with Gasteiger partial charge in [0.25, 0.3) is 0 Å². The monoisotopic (exact) mass is 218 g/mol. The van der Waals surface area contributed by atoms with Crippen LogP contribution in [0.1, 0.15) is 12.5 Å². The van der Waals surface area contributed by atoms with Crippen LogP contribution < -0.4 is 0 Å². The summed E-state index contributed by atoms with van der Waals surface area (Å²) in [6.45, 7) is 1.72. The maximum Gasteiger partial charge on any atom is 0.0859 e. The first-order chi connectivity index (χ1) is 6.11. The molecule has 0 atom stereocenters. The van der Waals surface area contributed by atoms with Crippen molar-refractivity contribution < 1.29 is 4.39 Å². The van der Waals surface area contributed by atoms with Gasteiger partial charge in [-0.25, -0.2) is 4.39 Å². The minimum atomic E-state index is 0.538. The van der Waals surface area contributed by atoms with Gasteiger partial charge in [0.05, 0.1) is 6.33 Å². The van der Waals surface area contributed by atoms with Crippen LogP contribution in [0.4, 0.5) is 4.39 Å². The summed E-state index contributed by atoms with van der Waals surface area (Å²) >= 11 is 11.6. The highest BCUT2D eigenvalue weighted by atomic mass is 35.5. The van der Waals surface area contributed by atoms with Crippen molar-refractivity contribution in [3.63, 3.8) is 0 Å². The fourth-order valence-electron chi connectivity index (χ4n) is 1.07. The maximum absolute atomic E-state index is 12.0. The van der Waals surface area contributed by atoms with Crippen molar-refractivity contribution in [3.05, 3.63) is 45.7 Å². The van der Waals surface area contributed by atoms with Crippen LogP contribution in [-0.4, -0.2) is 0 Å². The molecule has 0 aliphatic heterocycles. The molecule has 0 saturated heterocycles. The van der Waals surface area contributed by atoms with Gasteiger partial charge in [-0.15, -0.1) is 0 Å². The first kappa shape index (κ1) is 10.6. The highest BCUT2D eigenvalue weighted by molar-refractivity contribution is 6.34. The van der Waals surface area contributed by atoms with Gasteiger partial charge >= 0.3 is 0 Å². The molecule has 0 saturated carbocycles. The SMILES string of the molecule is C/C(=C\F)Cc1cc(Cl)cc(Cl)c1. The van der Waals surface area contributed by atoms with Crippen LogP contribution in [0.25, 0.3) is 0 Å². The summed E-state index contributed by atoms with van der Waals surface area (Å²) < 4.78 is 12.0. The van der Waals surface area contributed by atoms with E-state index in [1.807, 2.05) is 0 Å². The molecule has 0 aliphatic rings. The Hall–Kier alpha value is -0.530. The van der Waals surface area contributed by atoms with E-state index in [0.717, 1.165) is 5.56 Å². The lowest BCUT2D eigenvalue weighted by molar-refractivity contribution is 0.704. The van der Waals surface area contributed by atoms with Gasteiger partial charge in [-0.05, 0) is 42.7 Å². The minimum absolute atomic E-state index is 0.538. The standard InChI is InChI=1S/C10H9Cl2F/c1-7(6-13)2-8-3-9(11)5-10(12)4-8/h3-6H,2H2,1H3/b7-6+. The third kappa shape index (κ3) is 3.37. The molecule has 0 N–H and O–H groups in total. The van der Waals surface area contributed by atoms with Gasteiger partial charge in [-0.1, -0.05) is 23.2 Å². The molecule has 0 amide bonds. The Kier molecular flexibility index (Phi) is 3.76. The van der Waals surface area contributed by atoms with Gasteiger partial charge in [-0.2, -0.15) is 0 Å². The Morgan fingerprint density at radius 3 is 2.31 bits per heavy atom. The van der Waals surface area contributed by atoms with Crippen LogP contribution in [0.2, 0.25) is 10.0 Å². The van der Waals surface area contributed by atoms with Crippen LogP contribution in [-0.2, 0) is 6.42 Å². The summed E-state index contributed by atoms with van der Waals surface area (Å²) in [4.78, 5) is 0. The van der Waals surface area contributed by atoms with E-state index in [1.54, 1.807) is 25.1 Å². The predicted octanol–water partition coefficient (Wildman–Crippen LogP) is 4.41. The second-order valence-electron chi connectivity index (χ2n) is 2.91. The number of hydrogen-bond acceptors (Lipinski definition) is 0. The fourth-order valence-corrected chi connectivity index (χ4v) is 1.64. The van der Waals surface area contributed by atoms with Gasteiger partial charge < -0.3 is 0 Å². The first-order valence-corrected chi connectivity index (χ1v) is 4.58. The minimum Gasteiger partial charge on any atom is -0.216 e. The van der Waals surface area contributed by atoms with E-state index in [0.29, 0.717) is 28.4 Å². The van der Waals surface area contributed by atoms with E-state index in [9.17, 15) is 4.39 Å². The topological polar surface area (TPSA) is 0 Å². The average Bonchev–Trinajstić information content (AvgIpc) is 2.02. The molecular weight excluding hydrogens is 210 g/mol. The molecule has 0 fully saturated rings. The quantitative estimate of drug-likeness (QED) is 0.691. The van der Waals surface area contributed by atoms with Crippen LogP contribution in [0, 0.1) is 0 Å². The van der Waals surface area contributed by atoms with E-state index in [4.69, 9.17) is 23.2 Å². The second-order valence-corrected chi connectivity index (χ2v) is 3.78. The molecule has 0 nitrogen and oxygen atoms in total. The van der Waals surface area contributed by atoms with Gasteiger partial charge in [0.2, 0.25) is 0 Å². The van der Waals surface area contributed by atoms with Crippen molar-refractivity contribution in [2.75, 3.05) is 0 Å². The van der Waals surface area contributed by atoms with Crippen LogP contribution >= 0.6 is 23.2 Å². The number of benzene rings is 1. The van der Waals surface area contributed by atoms with Gasteiger partial charge in [0.1, 0.15) is 0 Å². The maximum atomic E-state index is 12.0. The summed E-state index contributed by atoms with van der Waals surface area (Å²) in [5.74, 6) is 0. The largest absolute Gasteiger partial charge is 0.216 e. The smallest absolute Gasteiger partial charge is 0.0859 e. The summed E-state index contributed by atoms with van der Waals surface area (Å²) in [6, 6.07) is 5.21. The van der Waals surface area contributed by atoms with Crippen LogP contribution in [0.5, 0.6) is 0 Å². The highest BCUT2D eigenvalue weighted by Gasteiger charge is 1.99. The van der Waals surface area contributed by atoms with Crippen molar-refractivity contribution in [2.24, 2.45) is 0 Å². The molecule has 0 spiro atoms. The number of hydrogen-bond donors (Lipinski definition) is 0. The van der Waals surface area contributed by atoms with Gasteiger partial charge in [0.15, 0.2) is 0 Å². The first-order valence-electron chi connectivity index (χ1n) is 3.82. The molecule has 0 aliphatic carbocycles. The highest BCUT2D eigenvalue weighted by Crippen LogP contribution is 2.20. The summed E-state index contributed by atoms with van der Waals surface area (Å²) in [5, 5.41) is 1.16. The predicted molar refractivity (Wildman–Crippen MR) is 55.0 cm³/mol. The molecule has 0 bridgehead atoms. The zero-order valence-corrected chi connectivity index (χ0v) is 8.66. The molecule has 0 heterocycles. The van der Waals surface area contributed by atoms with Crippen LogP contribution in [0.15, 0.2) is 30.1 Å². The summed E-state index contributed by atoms with van der Waals surface area (Å²) in [6.07, 6.45) is 1.13.